The molecule has 1 aromatic rings. The van der Waals surface area contributed by atoms with E-state index in [0.29, 0.717) is 19.6 Å². The lowest BCUT2D eigenvalue weighted by atomic mass is 10.3. The van der Waals surface area contributed by atoms with Crippen LogP contribution in [0.4, 0.5) is 0 Å². The molecule has 0 atom stereocenters. The van der Waals surface area contributed by atoms with Crippen LogP contribution in [0.2, 0.25) is 0 Å². The maximum atomic E-state index is 10.4. The van der Waals surface area contributed by atoms with Gasteiger partial charge in [-0.1, -0.05) is 23.4 Å². The minimum absolute atomic E-state index is 0.0611. The van der Waals surface area contributed by atoms with Crippen molar-refractivity contribution >= 4 is 11.7 Å². The average Bonchev–Trinajstić information content (AvgIpc) is 2.34. The zero-order valence-electron chi connectivity index (χ0n) is 9.63. The smallest absolute Gasteiger partial charge is 0.353 e. The summed E-state index contributed by atoms with van der Waals surface area (Å²) >= 11 is 0. The molecule has 5 heteroatoms. The van der Waals surface area contributed by atoms with Gasteiger partial charge in [-0.3, -0.25) is 0 Å². The predicted molar refractivity (Wildman–Crippen MR) is 63.3 cm³/mol. The van der Waals surface area contributed by atoms with Crippen LogP contribution in [0.15, 0.2) is 35.5 Å². The van der Waals surface area contributed by atoms with Gasteiger partial charge in [0.25, 0.3) is 0 Å². The summed E-state index contributed by atoms with van der Waals surface area (Å²) in [6.07, 6.45) is 0.644. The number of hydrogen-bond donors (Lipinski definition) is 1. The van der Waals surface area contributed by atoms with Gasteiger partial charge in [0.15, 0.2) is 5.71 Å². The number of benzene rings is 1. The van der Waals surface area contributed by atoms with Crippen LogP contribution in [0, 0.1) is 0 Å². The molecule has 92 valence electrons. The number of para-hydroxylation sites is 1. The minimum atomic E-state index is -1.08. The van der Waals surface area contributed by atoms with E-state index in [1.165, 1.54) is 6.92 Å². The number of carboxylic acid groups (broad SMARTS) is 1. The van der Waals surface area contributed by atoms with Gasteiger partial charge in [-0.2, -0.15) is 0 Å². The molecule has 0 fully saturated rings. The number of ether oxygens (including phenoxy) is 1. The molecule has 1 aromatic carbocycles. The first-order chi connectivity index (χ1) is 8.20. The summed E-state index contributed by atoms with van der Waals surface area (Å²) in [6, 6.07) is 9.44. The van der Waals surface area contributed by atoms with Crippen LogP contribution in [-0.2, 0) is 9.63 Å². The zero-order valence-corrected chi connectivity index (χ0v) is 9.63. The third-order valence-corrected chi connectivity index (χ3v) is 1.90. The zero-order chi connectivity index (χ0) is 12.5. The van der Waals surface area contributed by atoms with Crippen LogP contribution in [0.5, 0.6) is 5.75 Å². The maximum Gasteiger partial charge on any atom is 0.353 e. The summed E-state index contributed by atoms with van der Waals surface area (Å²) in [6.45, 7) is 2.21. The van der Waals surface area contributed by atoms with E-state index in [-0.39, 0.29) is 5.71 Å². The highest BCUT2D eigenvalue weighted by Gasteiger charge is 2.01. The van der Waals surface area contributed by atoms with Gasteiger partial charge < -0.3 is 14.7 Å². The van der Waals surface area contributed by atoms with Crippen LogP contribution < -0.4 is 4.74 Å². The Morgan fingerprint density at radius 1 is 1.29 bits per heavy atom. The lowest BCUT2D eigenvalue weighted by Crippen LogP contribution is -2.09. The first-order valence-corrected chi connectivity index (χ1v) is 5.28. The van der Waals surface area contributed by atoms with Gasteiger partial charge in [0, 0.05) is 6.42 Å². The quantitative estimate of drug-likeness (QED) is 0.447. The maximum absolute atomic E-state index is 10.4. The average molecular weight is 237 g/mol. The standard InChI is InChI=1S/C12H15NO4/c1-10(12(14)15)13-17-9-5-8-16-11-6-3-2-4-7-11/h2-4,6-7H,5,8-9H2,1H3,(H,14,15)/b13-10-. The second kappa shape index (κ2) is 7.27. The molecular formula is C12H15NO4. The van der Waals surface area contributed by atoms with Crippen molar-refractivity contribution in [2.75, 3.05) is 13.2 Å². The molecule has 0 amide bonds. The van der Waals surface area contributed by atoms with Crippen LogP contribution in [-0.4, -0.2) is 30.0 Å². The van der Waals surface area contributed by atoms with Crippen LogP contribution >= 0.6 is 0 Å². The molecule has 0 saturated carbocycles. The van der Waals surface area contributed by atoms with Gasteiger partial charge in [0.2, 0.25) is 0 Å². The van der Waals surface area contributed by atoms with Crippen molar-refractivity contribution < 1.29 is 19.5 Å². The van der Waals surface area contributed by atoms with E-state index in [1.54, 1.807) is 0 Å². The van der Waals surface area contributed by atoms with E-state index < -0.39 is 5.97 Å². The van der Waals surface area contributed by atoms with Crippen molar-refractivity contribution in [2.24, 2.45) is 5.16 Å². The SMILES string of the molecule is C/C(=N/OCCCOc1ccccc1)C(=O)O. The number of carboxylic acids is 1. The number of carbonyl (C=O) groups is 1. The molecule has 1 N–H and O–H groups in total. The van der Waals surface area contributed by atoms with Crippen molar-refractivity contribution in [3.8, 4) is 5.75 Å². The first kappa shape index (κ1) is 13.0. The molecule has 0 aliphatic rings. The highest BCUT2D eigenvalue weighted by molar-refractivity contribution is 6.34. The monoisotopic (exact) mass is 237 g/mol. The molecule has 0 heterocycles. The molecule has 1 rings (SSSR count). The Kier molecular flexibility index (Phi) is 5.57. The normalized spacial score (nSPS) is 11.0. The van der Waals surface area contributed by atoms with E-state index in [9.17, 15) is 4.79 Å². The Morgan fingerprint density at radius 2 is 2.00 bits per heavy atom. The fourth-order valence-electron chi connectivity index (χ4n) is 1.01. The highest BCUT2D eigenvalue weighted by atomic mass is 16.6. The number of nitrogens with zero attached hydrogens (tertiary/aromatic N) is 1. The van der Waals surface area contributed by atoms with Crippen molar-refractivity contribution in [1.82, 2.24) is 0 Å². The second-order valence-corrected chi connectivity index (χ2v) is 3.33. The Bertz CT molecular complexity index is 375. The van der Waals surface area contributed by atoms with Gasteiger partial charge in [-0.25, -0.2) is 4.79 Å². The Balaban J connectivity index is 2.10. The van der Waals surface area contributed by atoms with Crippen molar-refractivity contribution in [3.05, 3.63) is 30.3 Å². The third kappa shape index (κ3) is 5.55. The highest BCUT2D eigenvalue weighted by Crippen LogP contribution is 2.08. The molecule has 0 spiro atoms. The second-order valence-electron chi connectivity index (χ2n) is 3.33. The molecule has 5 nitrogen and oxygen atoms in total. The number of oxime groups is 1. The lowest BCUT2D eigenvalue weighted by Gasteiger charge is -2.04. The first-order valence-electron chi connectivity index (χ1n) is 5.28. The van der Waals surface area contributed by atoms with Crippen LogP contribution in [0.25, 0.3) is 0 Å². The fraction of sp³-hybridized carbons (Fsp3) is 0.333. The minimum Gasteiger partial charge on any atom is -0.493 e. The van der Waals surface area contributed by atoms with Crippen LogP contribution in [0.3, 0.4) is 0 Å². The van der Waals surface area contributed by atoms with Gasteiger partial charge in [0.05, 0.1) is 6.61 Å². The van der Waals surface area contributed by atoms with Crippen LogP contribution in [0.1, 0.15) is 13.3 Å². The van der Waals surface area contributed by atoms with Gasteiger partial charge in [-0.15, -0.1) is 0 Å². The van der Waals surface area contributed by atoms with Crippen molar-refractivity contribution in [1.29, 1.82) is 0 Å². The van der Waals surface area contributed by atoms with E-state index in [2.05, 4.69) is 5.16 Å². The van der Waals surface area contributed by atoms with E-state index in [4.69, 9.17) is 14.7 Å². The van der Waals surface area contributed by atoms with Gasteiger partial charge in [-0.05, 0) is 19.1 Å². The Morgan fingerprint density at radius 3 is 2.65 bits per heavy atom. The van der Waals surface area contributed by atoms with Crippen molar-refractivity contribution in [2.45, 2.75) is 13.3 Å². The molecule has 0 radical (unpaired) electrons. The van der Waals surface area contributed by atoms with Gasteiger partial charge >= 0.3 is 5.97 Å². The van der Waals surface area contributed by atoms with E-state index >= 15 is 0 Å². The van der Waals surface area contributed by atoms with E-state index in [1.807, 2.05) is 30.3 Å². The summed E-state index contributed by atoms with van der Waals surface area (Å²) in [5, 5.41) is 11.9. The summed E-state index contributed by atoms with van der Waals surface area (Å²) in [5.74, 6) is -0.275. The molecule has 0 unspecified atom stereocenters. The number of aliphatic carboxylic acids is 1. The molecular weight excluding hydrogens is 222 g/mol. The summed E-state index contributed by atoms with van der Waals surface area (Å²) in [4.78, 5) is 15.2. The van der Waals surface area contributed by atoms with Crippen molar-refractivity contribution in [3.63, 3.8) is 0 Å². The molecule has 0 aromatic heterocycles. The molecule has 0 aliphatic carbocycles. The summed E-state index contributed by atoms with van der Waals surface area (Å²) < 4.78 is 5.42. The summed E-state index contributed by atoms with van der Waals surface area (Å²) in [7, 11) is 0. The van der Waals surface area contributed by atoms with E-state index in [0.717, 1.165) is 5.75 Å². The fourth-order valence-corrected chi connectivity index (χ4v) is 1.01. The number of hydrogen-bond acceptors (Lipinski definition) is 4. The lowest BCUT2D eigenvalue weighted by molar-refractivity contribution is -0.129. The Labute approximate surface area is 99.7 Å². The Hall–Kier alpha value is -2.04. The number of rotatable bonds is 7. The largest absolute Gasteiger partial charge is 0.493 e. The summed E-state index contributed by atoms with van der Waals surface area (Å²) in [5.41, 5.74) is -0.0611. The predicted octanol–water partition coefficient (Wildman–Crippen LogP) is 1.93. The molecule has 0 aliphatic heterocycles. The topological polar surface area (TPSA) is 68.1 Å². The van der Waals surface area contributed by atoms with Gasteiger partial charge in [0.1, 0.15) is 12.4 Å². The third-order valence-electron chi connectivity index (χ3n) is 1.90. The molecule has 0 bridgehead atoms. The molecule has 17 heavy (non-hydrogen) atoms. The molecule has 0 saturated heterocycles.